The number of phenolic OH excluding ortho intramolecular Hbond substituents is 1. The van der Waals surface area contributed by atoms with Gasteiger partial charge < -0.3 is 30.9 Å². The summed E-state index contributed by atoms with van der Waals surface area (Å²) in [4.78, 5) is 43.2. The van der Waals surface area contributed by atoms with Crippen LogP contribution in [0.4, 0.5) is 13.2 Å². The van der Waals surface area contributed by atoms with Crippen LogP contribution in [0.2, 0.25) is 0 Å². The zero-order valence-electron chi connectivity index (χ0n) is 23.9. The normalized spacial score (nSPS) is 29.6. The number of ketones is 2. The first-order valence-corrected chi connectivity index (χ1v) is 14.1. The lowest BCUT2D eigenvalue weighted by atomic mass is 9.58. The van der Waals surface area contributed by atoms with Crippen molar-refractivity contribution in [1.82, 2.24) is 9.80 Å². The summed E-state index contributed by atoms with van der Waals surface area (Å²) in [5.74, 6) is -9.19. The lowest BCUT2D eigenvalue weighted by molar-refractivity contribution is -0.275. The Bertz CT molecular complexity index is 1470. The molecule has 6 N–H and O–H groups in total. The molecule has 3 aliphatic carbocycles. The van der Waals surface area contributed by atoms with E-state index >= 15 is 0 Å². The number of nitrogens with two attached hydrogens (primary N) is 1. The molecule has 1 fully saturated rings. The number of likely N-dealkylation sites (tertiary alicyclic amines) is 1. The number of allylic oxidation sites excluding steroid dienone is 1. The van der Waals surface area contributed by atoms with Crippen LogP contribution >= 0.6 is 0 Å². The van der Waals surface area contributed by atoms with E-state index in [1.54, 1.807) is 25.8 Å². The Hall–Kier alpha value is -3.62. The van der Waals surface area contributed by atoms with Crippen LogP contribution in [0.25, 0.3) is 0 Å². The van der Waals surface area contributed by atoms with Gasteiger partial charge >= 0.3 is 6.36 Å². The van der Waals surface area contributed by atoms with Crippen molar-refractivity contribution in [1.29, 1.82) is 0 Å². The van der Waals surface area contributed by atoms with Gasteiger partial charge in [0.2, 0.25) is 5.78 Å². The first kappa shape index (κ1) is 30.8. The summed E-state index contributed by atoms with van der Waals surface area (Å²) in [5.41, 5.74) is 0.466. The number of primary amides is 1. The highest BCUT2D eigenvalue weighted by Gasteiger charge is 2.63. The topological polar surface area (TPSA) is 174 Å². The molecule has 0 spiro atoms. The Balaban J connectivity index is 1.73. The molecule has 1 amide bonds. The minimum absolute atomic E-state index is 0.0610. The van der Waals surface area contributed by atoms with Crippen LogP contribution in [0.3, 0.4) is 0 Å². The first-order valence-electron chi connectivity index (χ1n) is 14.1. The monoisotopic (exact) mass is 609 g/mol. The molecule has 0 bridgehead atoms. The second kappa shape index (κ2) is 10.5. The number of hydrogen-bond donors (Lipinski definition) is 5. The van der Waals surface area contributed by atoms with E-state index in [2.05, 4.69) is 4.74 Å². The number of ether oxygens (including phenoxy) is 1. The summed E-state index contributed by atoms with van der Waals surface area (Å²) in [7, 11) is 1.73. The van der Waals surface area contributed by atoms with E-state index in [-0.39, 0.29) is 37.1 Å². The number of carbonyl (C=O) groups excluding carboxylic acids is 3. The molecule has 11 nitrogen and oxygen atoms in total. The molecule has 14 heteroatoms. The molecule has 0 radical (unpaired) electrons. The van der Waals surface area contributed by atoms with Gasteiger partial charge in [0.05, 0.1) is 11.6 Å². The number of rotatable bonds is 6. The maximum atomic E-state index is 13.9. The number of hydrogen-bond acceptors (Lipinski definition) is 10. The summed E-state index contributed by atoms with van der Waals surface area (Å²) in [5, 5.41) is 45.4. The zero-order chi connectivity index (χ0) is 31.8. The van der Waals surface area contributed by atoms with Crippen molar-refractivity contribution in [3.8, 4) is 11.5 Å². The van der Waals surface area contributed by atoms with E-state index in [1.807, 2.05) is 4.90 Å². The van der Waals surface area contributed by atoms with Gasteiger partial charge in [0.15, 0.2) is 11.4 Å². The van der Waals surface area contributed by atoms with E-state index in [0.29, 0.717) is 19.4 Å². The number of amides is 1. The SMILES string of the molecule is CCN(CC)[C@@H]1C(O)=C(C(N)=O)C(=O)[C@@]2(O)C(O)=C3C(=O)c4c(O)cc([C@@H]5CCCN5C)c(OC(F)(F)F)c4C[C@H]3C[C@@H]12. The van der Waals surface area contributed by atoms with Crippen LogP contribution in [-0.4, -0.2) is 92.4 Å². The van der Waals surface area contributed by atoms with E-state index in [0.717, 1.165) is 6.07 Å². The van der Waals surface area contributed by atoms with Crippen molar-refractivity contribution in [2.75, 3.05) is 26.7 Å². The molecule has 1 aromatic rings. The molecule has 0 aromatic heterocycles. The second-order valence-corrected chi connectivity index (χ2v) is 11.6. The van der Waals surface area contributed by atoms with Crippen LogP contribution in [0.15, 0.2) is 28.7 Å². The number of halogens is 3. The van der Waals surface area contributed by atoms with Gasteiger partial charge in [0.1, 0.15) is 28.6 Å². The van der Waals surface area contributed by atoms with Gasteiger partial charge in [-0.1, -0.05) is 13.8 Å². The molecule has 1 aromatic carbocycles. The second-order valence-electron chi connectivity index (χ2n) is 11.6. The number of Topliss-reactive ketones (excluding diaryl/α,β-unsaturated/α-hetero) is 2. The Morgan fingerprint density at radius 3 is 2.40 bits per heavy atom. The zero-order valence-corrected chi connectivity index (χ0v) is 23.9. The van der Waals surface area contributed by atoms with Crippen molar-refractivity contribution in [3.63, 3.8) is 0 Å². The standard InChI is InChI=1S/C29H34F3N3O8/c1-4-35(5-2)21-15-10-12-9-14-19(17(36)11-13(16-7-6-8-34(16)3)24(14)43-29(30,31)32)22(37)18(12)25(39)28(15,42)26(40)20(23(21)38)27(33)41/h11-12,15-16,21,36,38-39,42H,4-10H2,1-3H3,(H2,33,41)/t12-,15-,16-,21-,28-/m0/s1. The number of fused-ring (bicyclic) bond motifs is 3. The van der Waals surface area contributed by atoms with Crippen LogP contribution in [0, 0.1) is 11.8 Å². The van der Waals surface area contributed by atoms with Crippen molar-refractivity contribution in [3.05, 3.63) is 45.4 Å². The van der Waals surface area contributed by atoms with Gasteiger partial charge in [0.25, 0.3) is 5.91 Å². The van der Waals surface area contributed by atoms with Gasteiger partial charge in [-0.3, -0.25) is 24.2 Å². The van der Waals surface area contributed by atoms with E-state index in [4.69, 9.17) is 5.73 Å². The van der Waals surface area contributed by atoms with Gasteiger partial charge in [0, 0.05) is 28.7 Å². The van der Waals surface area contributed by atoms with Crippen LogP contribution in [-0.2, 0) is 16.0 Å². The summed E-state index contributed by atoms with van der Waals surface area (Å²) < 4.78 is 45.8. The third-order valence-corrected chi connectivity index (χ3v) is 9.45. The van der Waals surface area contributed by atoms with Gasteiger partial charge in [-0.25, -0.2) is 0 Å². The highest BCUT2D eigenvalue weighted by atomic mass is 19.4. The quantitative estimate of drug-likeness (QED) is 0.302. The van der Waals surface area contributed by atoms with E-state index in [1.165, 1.54) is 0 Å². The fraction of sp³-hybridized carbons (Fsp3) is 0.552. The molecular weight excluding hydrogens is 575 g/mol. The number of phenols is 1. The van der Waals surface area contributed by atoms with Crippen molar-refractivity contribution < 1.29 is 52.7 Å². The molecule has 5 atom stereocenters. The molecule has 0 saturated carbocycles. The minimum Gasteiger partial charge on any atom is -0.510 e. The number of nitrogens with zero attached hydrogens (tertiary/aromatic N) is 2. The summed E-state index contributed by atoms with van der Waals surface area (Å²) in [6.07, 6.45) is -4.51. The predicted molar refractivity (Wildman–Crippen MR) is 144 cm³/mol. The highest BCUT2D eigenvalue weighted by molar-refractivity contribution is 6.24. The number of aliphatic hydroxyl groups is 3. The third kappa shape index (κ3) is 4.57. The molecule has 4 aliphatic rings. The Labute approximate surface area is 245 Å². The Morgan fingerprint density at radius 2 is 1.86 bits per heavy atom. The van der Waals surface area contributed by atoms with Gasteiger partial charge in [-0.15, -0.1) is 13.2 Å². The number of likely N-dealkylation sites (N-methyl/N-ethyl adjacent to an activating group) is 1. The van der Waals surface area contributed by atoms with Crippen LogP contribution < -0.4 is 10.5 Å². The number of carbonyl (C=O) groups is 3. The number of aliphatic hydroxyl groups excluding tert-OH is 2. The third-order valence-electron chi connectivity index (χ3n) is 9.45. The van der Waals surface area contributed by atoms with Gasteiger partial charge in [-0.2, -0.15) is 0 Å². The summed E-state index contributed by atoms with van der Waals surface area (Å²) in [6.45, 7) is 4.61. The molecule has 0 unspecified atom stereocenters. The Kier molecular flexibility index (Phi) is 7.55. The Morgan fingerprint density at radius 1 is 1.21 bits per heavy atom. The van der Waals surface area contributed by atoms with Crippen molar-refractivity contribution >= 4 is 17.5 Å². The predicted octanol–water partition coefficient (Wildman–Crippen LogP) is 2.57. The average Bonchev–Trinajstić information content (AvgIpc) is 3.34. The molecule has 1 saturated heterocycles. The smallest absolute Gasteiger partial charge is 0.510 e. The largest absolute Gasteiger partial charge is 0.573 e. The summed E-state index contributed by atoms with van der Waals surface area (Å²) >= 11 is 0. The van der Waals surface area contributed by atoms with Gasteiger partial charge in [-0.05, 0) is 64.3 Å². The lowest BCUT2D eigenvalue weighted by Gasteiger charge is -2.51. The molecule has 43 heavy (non-hydrogen) atoms. The highest BCUT2D eigenvalue weighted by Crippen LogP contribution is 2.55. The van der Waals surface area contributed by atoms with Crippen molar-refractivity contribution in [2.45, 2.75) is 63.6 Å². The van der Waals surface area contributed by atoms with Crippen LogP contribution in [0.1, 0.15) is 60.6 Å². The molecule has 1 aliphatic heterocycles. The fourth-order valence-corrected chi connectivity index (χ4v) is 7.55. The van der Waals surface area contributed by atoms with E-state index < -0.39 is 93.1 Å². The maximum absolute atomic E-state index is 13.9. The number of aromatic hydroxyl groups is 1. The average molecular weight is 610 g/mol. The maximum Gasteiger partial charge on any atom is 0.573 e. The first-order chi connectivity index (χ1) is 20.1. The number of alkyl halides is 3. The summed E-state index contributed by atoms with van der Waals surface area (Å²) in [6, 6.07) is -0.669. The van der Waals surface area contributed by atoms with E-state index in [9.17, 15) is 48.0 Å². The molecule has 234 valence electrons. The van der Waals surface area contributed by atoms with Crippen molar-refractivity contribution in [2.24, 2.45) is 17.6 Å². The molecule has 1 heterocycles. The minimum atomic E-state index is -5.13. The lowest BCUT2D eigenvalue weighted by Crippen LogP contribution is -2.64. The molecule has 5 rings (SSSR count). The fourth-order valence-electron chi connectivity index (χ4n) is 7.55. The molecular formula is C29H34F3N3O8. The van der Waals surface area contributed by atoms with Crippen LogP contribution in [0.5, 0.6) is 11.5 Å². The number of benzene rings is 1.